The van der Waals surface area contributed by atoms with Crippen molar-refractivity contribution < 1.29 is 0 Å². The third-order valence-electron chi connectivity index (χ3n) is 3.27. The van der Waals surface area contributed by atoms with Crippen LogP contribution in [0.5, 0.6) is 0 Å². The van der Waals surface area contributed by atoms with Gasteiger partial charge in [0.2, 0.25) is 0 Å². The van der Waals surface area contributed by atoms with Crippen LogP contribution in [0.15, 0.2) is 53.0 Å². The van der Waals surface area contributed by atoms with Crippen molar-refractivity contribution in [2.75, 3.05) is 11.9 Å². The molecule has 2 aromatic carbocycles. The quantitative estimate of drug-likeness (QED) is 0.897. The summed E-state index contributed by atoms with van der Waals surface area (Å²) in [5.41, 5.74) is 9.64. The smallest absolute Gasteiger partial charge is 0.0426 e. The van der Waals surface area contributed by atoms with Crippen molar-refractivity contribution in [2.45, 2.75) is 25.9 Å². The van der Waals surface area contributed by atoms with Gasteiger partial charge in [-0.2, -0.15) is 0 Å². The summed E-state index contributed by atoms with van der Waals surface area (Å²) in [6.07, 6.45) is 0.927. The van der Waals surface area contributed by atoms with Crippen LogP contribution in [0.3, 0.4) is 0 Å². The Morgan fingerprint density at radius 3 is 2.10 bits per heavy atom. The fraction of sp³-hybridized carbons (Fsp3) is 0.294. The molecule has 0 saturated heterocycles. The molecule has 2 nitrogen and oxygen atoms in total. The number of benzene rings is 2. The van der Waals surface area contributed by atoms with E-state index in [4.69, 9.17) is 5.73 Å². The molecule has 0 aliphatic carbocycles. The minimum atomic E-state index is 0.210. The Bertz CT molecular complexity index is 532. The first kappa shape index (κ1) is 15.1. The van der Waals surface area contributed by atoms with Gasteiger partial charge in [-0.3, -0.25) is 0 Å². The molecule has 0 aromatic heterocycles. The maximum Gasteiger partial charge on any atom is 0.0426 e. The molecule has 0 bridgehead atoms. The second-order valence-corrected chi connectivity index (χ2v) is 6.25. The van der Waals surface area contributed by atoms with Crippen molar-refractivity contribution in [1.29, 1.82) is 0 Å². The molecule has 3 heteroatoms. The molecule has 20 heavy (non-hydrogen) atoms. The third-order valence-corrected chi connectivity index (χ3v) is 3.80. The summed E-state index contributed by atoms with van der Waals surface area (Å²) in [6.45, 7) is 2.94. The Hall–Kier alpha value is -1.32. The number of nitrogens with zero attached hydrogens (tertiary/aromatic N) is 1. The lowest BCUT2D eigenvalue weighted by atomic mass is 10.1. The predicted molar refractivity (Wildman–Crippen MR) is 90.0 cm³/mol. The minimum absolute atomic E-state index is 0.210. The van der Waals surface area contributed by atoms with Crippen LogP contribution in [0.25, 0.3) is 0 Å². The zero-order chi connectivity index (χ0) is 14.5. The Balaban J connectivity index is 2.01. The molecule has 2 rings (SSSR count). The summed E-state index contributed by atoms with van der Waals surface area (Å²) in [6, 6.07) is 17.3. The summed E-state index contributed by atoms with van der Waals surface area (Å²) in [4.78, 5) is 2.25. The lowest BCUT2D eigenvalue weighted by Gasteiger charge is -2.20. The molecule has 0 fully saturated rings. The van der Waals surface area contributed by atoms with Gasteiger partial charge in [-0.1, -0.05) is 40.2 Å². The van der Waals surface area contributed by atoms with Gasteiger partial charge < -0.3 is 10.6 Å². The van der Waals surface area contributed by atoms with Gasteiger partial charge in [0.05, 0.1) is 0 Å². The monoisotopic (exact) mass is 332 g/mol. The van der Waals surface area contributed by atoms with Gasteiger partial charge in [-0.05, 0) is 48.7 Å². The molecule has 106 valence electrons. The van der Waals surface area contributed by atoms with E-state index in [0.29, 0.717) is 0 Å². The van der Waals surface area contributed by atoms with Gasteiger partial charge in [0.15, 0.2) is 0 Å². The lowest BCUT2D eigenvalue weighted by Crippen LogP contribution is -2.18. The van der Waals surface area contributed by atoms with Crippen LogP contribution in [-0.2, 0) is 13.0 Å². The maximum atomic E-state index is 5.82. The van der Waals surface area contributed by atoms with E-state index in [1.54, 1.807) is 0 Å². The average Bonchev–Trinajstić information content (AvgIpc) is 2.41. The molecule has 1 unspecified atom stereocenters. The third kappa shape index (κ3) is 4.36. The van der Waals surface area contributed by atoms with Crippen LogP contribution in [0, 0.1) is 0 Å². The first-order chi connectivity index (χ1) is 9.54. The SMILES string of the molecule is CC(N)Cc1ccc(N(C)Cc2ccc(Br)cc2)cc1. The van der Waals surface area contributed by atoms with Crippen LogP contribution in [0.2, 0.25) is 0 Å². The maximum absolute atomic E-state index is 5.82. The number of halogens is 1. The van der Waals surface area contributed by atoms with E-state index in [1.807, 2.05) is 6.92 Å². The molecule has 0 spiro atoms. The lowest BCUT2D eigenvalue weighted by molar-refractivity contribution is 0.738. The zero-order valence-corrected chi connectivity index (χ0v) is 13.6. The van der Waals surface area contributed by atoms with Crippen LogP contribution in [0.4, 0.5) is 5.69 Å². The number of anilines is 1. The Morgan fingerprint density at radius 1 is 1.00 bits per heavy atom. The summed E-state index contributed by atoms with van der Waals surface area (Å²) < 4.78 is 1.11. The van der Waals surface area contributed by atoms with Crippen molar-refractivity contribution in [3.8, 4) is 0 Å². The first-order valence-corrected chi connectivity index (χ1v) is 7.64. The first-order valence-electron chi connectivity index (χ1n) is 6.84. The van der Waals surface area contributed by atoms with Crippen molar-refractivity contribution in [3.05, 3.63) is 64.1 Å². The highest BCUT2D eigenvalue weighted by molar-refractivity contribution is 9.10. The highest BCUT2D eigenvalue weighted by Gasteiger charge is 2.03. The van der Waals surface area contributed by atoms with E-state index >= 15 is 0 Å². The highest BCUT2D eigenvalue weighted by atomic mass is 79.9. The Labute approximate surface area is 129 Å². The van der Waals surface area contributed by atoms with Crippen LogP contribution in [0.1, 0.15) is 18.1 Å². The second-order valence-electron chi connectivity index (χ2n) is 5.33. The molecule has 1 atom stereocenters. The number of hydrogen-bond donors (Lipinski definition) is 1. The summed E-state index contributed by atoms with van der Waals surface area (Å²) in [7, 11) is 2.11. The van der Waals surface area contributed by atoms with E-state index in [2.05, 4.69) is 76.4 Å². The molecular formula is C17H21BrN2. The second kappa shape index (κ2) is 6.91. The van der Waals surface area contributed by atoms with E-state index in [1.165, 1.54) is 16.8 Å². The van der Waals surface area contributed by atoms with E-state index < -0.39 is 0 Å². The van der Waals surface area contributed by atoms with Crippen molar-refractivity contribution >= 4 is 21.6 Å². The Kier molecular flexibility index (Phi) is 5.21. The van der Waals surface area contributed by atoms with Crippen molar-refractivity contribution in [2.24, 2.45) is 5.73 Å². The molecule has 0 heterocycles. The van der Waals surface area contributed by atoms with Crippen LogP contribution in [-0.4, -0.2) is 13.1 Å². The van der Waals surface area contributed by atoms with Gasteiger partial charge in [-0.25, -0.2) is 0 Å². The standard InChI is InChI=1S/C17H21BrN2/c1-13(19)11-14-5-9-17(10-6-14)20(2)12-15-3-7-16(18)8-4-15/h3-10,13H,11-12,19H2,1-2H3. The highest BCUT2D eigenvalue weighted by Crippen LogP contribution is 2.18. The molecule has 2 aromatic rings. The topological polar surface area (TPSA) is 29.3 Å². The van der Waals surface area contributed by atoms with Gasteiger partial charge in [0.1, 0.15) is 0 Å². The van der Waals surface area contributed by atoms with Gasteiger partial charge >= 0.3 is 0 Å². The van der Waals surface area contributed by atoms with Gasteiger partial charge in [-0.15, -0.1) is 0 Å². The fourth-order valence-corrected chi connectivity index (χ4v) is 2.48. The van der Waals surface area contributed by atoms with Gasteiger partial charge in [0, 0.05) is 29.8 Å². The molecule has 0 aliphatic heterocycles. The summed E-state index contributed by atoms with van der Waals surface area (Å²) >= 11 is 3.46. The molecule has 0 amide bonds. The van der Waals surface area contributed by atoms with Crippen LogP contribution >= 0.6 is 15.9 Å². The average molecular weight is 333 g/mol. The predicted octanol–water partition coefficient (Wildman–Crippen LogP) is 3.98. The normalized spacial score (nSPS) is 12.2. The van der Waals surface area contributed by atoms with E-state index in [9.17, 15) is 0 Å². The number of rotatable bonds is 5. The molecular weight excluding hydrogens is 312 g/mol. The van der Waals surface area contributed by atoms with Crippen molar-refractivity contribution in [1.82, 2.24) is 0 Å². The fourth-order valence-electron chi connectivity index (χ4n) is 2.21. The van der Waals surface area contributed by atoms with Crippen LogP contribution < -0.4 is 10.6 Å². The zero-order valence-electron chi connectivity index (χ0n) is 12.0. The van der Waals surface area contributed by atoms with Gasteiger partial charge in [0.25, 0.3) is 0 Å². The number of nitrogens with two attached hydrogens (primary N) is 1. The largest absolute Gasteiger partial charge is 0.370 e. The number of hydrogen-bond acceptors (Lipinski definition) is 2. The molecule has 2 N–H and O–H groups in total. The van der Waals surface area contributed by atoms with E-state index in [0.717, 1.165) is 17.4 Å². The minimum Gasteiger partial charge on any atom is -0.370 e. The van der Waals surface area contributed by atoms with Crippen molar-refractivity contribution in [3.63, 3.8) is 0 Å². The molecule has 0 radical (unpaired) electrons. The summed E-state index contributed by atoms with van der Waals surface area (Å²) in [5, 5.41) is 0. The summed E-state index contributed by atoms with van der Waals surface area (Å²) in [5.74, 6) is 0. The van der Waals surface area contributed by atoms with E-state index in [-0.39, 0.29) is 6.04 Å². The molecule has 0 aliphatic rings. The molecule has 0 saturated carbocycles. The Morgan fingerprint density at radius 2 is 1.55 bits per heavy atom.